The largest absolute Gasteiger partial charge is 0.481 e. The van der Waals surface area contributed by atoms with E-state index in [1.165, 1.54) is 31.0 Å². The third-order valence-electron chi connectivity index (χ3n) is 2.50. The van der Waals surface area contributed by atoms with Crippen molar-refractivity contribution >= 4 is 17.7 Å². The van der Waals surface area contributed by atoms with Gasteiger partial charge in [0.15, 0.2) is 5.16 Å². The van der Waals surface area contributed by atoms with Crippen molar-refractivity contribution in [2.24, 2.45) is 7.05 Å². The van der Waals surface area contributed by atoms with Crippen LogP contribution >= 0.6 is 11.8 Å². The van der Waals surface area contributed by atoms with Gasteiger partial charge in [-0.1, -0.05) is 37.9 Å². The molecule has 1 aromatic heterocycles. The van der Waals surface area contributed by atoms with Crippen molar-refractivity contribution in [3.63, 3.8) is 0 Å². The molecule has 96 valence electrons. The lowest BCUT2D eigenvalue weighted by molar-refractivity contribution is -0.133. The van der Waals surface area contributed by atoms with E-state index in [2.05, 4.69) is 17.1 Å². The Morgan fingerprint density at radius 1 is 1.35 bits per heavy atom. The number of aryl methyl sites for hydroxylation is 1. The van der Waals surface area contributed by atoms with Gasteiger partial charge in [0.1, 0.15) is 5.82 Å². The van der Waals surface area contributed by atoms with Gasteiger partial charge in [0.05, 0.1) is 5.75 Å². The maximum Gasteiger partial charge on any atom is 0.313 e. The third kappa shape index (κ3) is 4.77. The van der Waals surface area contributed by atoms with Gasteiger partial charge in [-0.15, -0.1) is 10.2 Å². The Kier molecular flexibility index (Phi) is 6.04. The lowest BCUT2D eigenvalue weighted by atomic mass is 10.1. The molecule has 5 nitrogen and oxygen atoms in total. The molecule has 1 rings (SSSR count). The van der Waals surface area contributed by atoms with E-state index < -0.39 is 5.97 Å². The van der Waals surface area contributed by atoms with Crippen LogP contribution < -0.4 is 0 Å². The second-order valence-electron chi connectivity index (χ2n) is 3.95. The number of thioether (sulfide) groups is 1. The van der Waals surface area contributed by atoms with Crippen LogP contribution in [0.15, 0.2) is 5.16 Å². The van der Waals surface area contributed by atoms with Crippen LogP contribution in [-0.4, -0.2) is 31.6 Å². The zero-order valence-electron chi connectivity index (χ0n) is 10.3. The molecule has 0 unspecified atom stereocenters. The number of hydrogen-bond donors (Lipinski definition) is 1. The predicted molar refractivity (Wildman–Crippen MR) is 67.2 cm³/mol. The Hall–Kier alpha value is -1.04. The second kappa shape index (κ2) is 7.32. The molecule has 0 radical (unpaired) electrons. The first-order chi connectivity index (χ1) is 8.15. The third-order valence-corrected chi connectivity index (χ3v) is 3.51. The van der Waals surface area contributed by atoms with Gasteiger partial charge in [-0.3, -0.25) is 4.79 Å². The highest BCUT2D eigenvalue weighted by molar-refractivity contribution is 7.99. The Morgan fingerprint density at radius 2 is 2.12 bits per heavy atom. The smallest absolute Gasteiger partial charge is 0.313 e. The number of hydrogen-bond acceptors (Lipinski definition) is 4. The molecule has 17 heavy (non-hydrogen) atoms. The van der Waals surface area contributed by atoms with Gasteiger partial charge in [-0.2, -0.15) is 0 Å². The van der Waals surface area contributed by atoms with Crippen molar-refractivity contribution in [3.8, 4) is 0 Å². The highest BCUT2D eigenvalue weighted by Crippen LogP contribution is 2.16. The van der Waals surface area contributed by atoms with E-state index >= 15 is 0 Å². The maximum atomic E-state index is 10.5. The second-order valence-corrected chi connectivity index (χ2v) is 4.89. The van der Waals surface area contributed by atoms with Gasteiger partial charge in [-0.25, -0.2) is 0 Å². The zero-order chi connectivity index (χ0) is 12.7. The molecule has 0 spiro atoms. The molecule has 0 amide bonds. The van der Waals surface area contributed by atoms with E-state index in [1.54, 1.807) is 0 Å². The molecule has 0 aliphatic carbocycles. The first-order valence-corrected chi connectivity index (χ1v) is 6.86. The van der Waals surface area contributed by atoms with Gasteiger partial charge in [0.2, 0.25) is 0 Å². The molecular weight excluding hydrogens is 238 g/mol. The molecule has 6 heteroatoms. The van der Waals surface area contributed by atoms with Crippen molar-refractivity contribution in [1.29, 1.82) is 0 Å². The minimum atomic E-state index is -0.831. The summed E-state index contributed by atoms with van der Waals surface area (Å²) in [5.74, 6) is 0.137. The first kappa shape index (κ1) is 14.0. The van der Waals surface area contributed by atoms with Crippen LogP contribution in [0.3, 0.4) is 0 Å². The fraction of sp³-hybridized carbons (Fsp3) is 0.727. The first-order valence-electron chi connectivity index (χ1n) is 5.88. The van der Waals surface area contributed by atoms with E-state index in [1.807, 2.05) is 11.6 Å². The average Bonchev–Trinajstić information content (AvgIpc) is 2.63. The molecule has 0 saturated carbocycles. The number of carbonyl (C=O) groups is 1. The van der Waals surface area contributed by atoms with Crippen LogP contribution in [0, 0.1) is 0 Å². The van der Waals surface area contributed by atoms with Crippen molar-refractivity contribution in [2.45, 2.75) is 44.2 Å². The zero-order valence-corrected chi connectivity index (χ0v) is 11.2. The number of aromatic nitrogens is 3. The summed E-state index contributed by atoms with van der Waals surface area (Å²) in [6.45, 7) is 2.18. The molecule has 0 fully saturated rings. The van der Waals surface area contributed by atoms with E-state index in [0.717, 1.165) is 18.7 Å². The molecule has 1 aromatic rings. The Bertz CT molecular complexity index is 366. The summed E-state index contributed by atoms with van der Waals surface area (Å²) in [6, 6.07) is 0. The molecule has 1 N–H and O–H groups in total. The molecule has 1 heterocycles. The minimum absolute atomic E-state index is 0.0296. The molecule has 0 bridgehead atoms. The van der Waals surface area contributed by atoms with Crippen molar-refractivity contribution < 1.29 is 9.90 Å². The van der Waals surface area contributed by atoms with Gasteiger partial charge in [-0.05, 0) is 6.42 Å². The van der Waals surface area contributed by atoms with Crippen LogP contribution in [0.1, 0.15) is 38.4 Å². The summed E-state index contributed by atoms with van der Waals surface area (Å²) in [6.07, 6.45) is 5.71. The molecule has 0 atom stereocenters. The summed E-state index contributed by atoms with van der Waals surface area (Å²) in [7, 11) is 1.89. The van der Waals surface area contributed by atoms with Crippen LogP contribution in [0.4, 0.5) is 0 Å². The molecule has 0 saturated heterocycles. The predicted octanol–water partition coefficient (Wildman–Crippen LogP) is 2.11. The summed E-state index contributed by atoms with van der Waals surface area (Å²) >= 11 is 1.21. The van der Waals surface area contributed by atoms with Gasteiger partial charge in [0.25, 0.3) is 0 Å². The Labute approximate surface area is 106 Å². The molecular formula is C11H19N3O2S. The van der Waals surface area contributed by atoms with E-state index in [-0.39, 0.29) is 5.75 Å². The normalized spacial score (nSPS) is 10.7. The summed E-state index contributed by atoms with van der Waals surface area (Å²) < 4.78 is 1.89. The maximum absolute atomic E-state index is 10.5. The van der Waals surface area contributed by atoms with Gasteiger partial charge in [0, 0.05) is 13.5 Å². The highest BCUT2D eigenvalue weighted by atomic mass is 32.2. The number of aliphatic carboxylic acids is 1. The number of nitrogens with zero attached hydrogens (tertiary/aromatic N) is 3. The fourth-order valence-electron chi connectivity index (χ4n) is 1.52. The van der Waals surface area contributed by atoms with Crippen LogP contribution in [0.2, 0.25) is 0 Å². The van der Waals surface area contributed by atoms with E-state index in [0.29, 0.717) is 5.16 Å². The fourth-order valence-corrected chi connectivity index (χ4v) is 2.17. The summed E-state index contributed by atoms with van der Waals surface area (Å²) in [5, 5.41) is 17.4. The monoisotopic (exact) mass is 257 g/mol. The van der Waals surface area contributed by atoms with Crippen LogP contribution in [0.25, 0.3) is 0 Å². The Balaban J connectivity index is 2.43. The lowest BCUT2D eigenvalue weighted by Crippen LogP contribution is -2.02. The van der Waals surface area contributed by atoms with E-state index in [9.17, 15) is 4.79 Å². The van der Waals surface area contributed by atoms with Crippen LogP contribution in [-0.2, 0) is 18.3 Å². The highest BCUT2D eigenvalue weighted by Gasteiger charge is 2.10. The van der Waals surface area contributed by atoms with Crippen molar-refractivity contribution in [1.82, 2.24) is 14.8 Å². The lowest BCUT2D eigenvalue weighted by Gasteiger charge is -2.02. The average molecular weight is 257 g/mol. The number of carboxylic acids is 1. The molecule has 0 aliphatic rings. The van der Waals surface area contributed by atoms with Gasteiger partial charge < -0.3 is 9.67 Å². The van der Waals surface area contributed by atoms with Gasteiger partial charge >= 0.3 is 5.97 Å². The Morgan fingerprint density at radius 3 is 2.76 bits per heavy atom. The van der Waals surface area contributed by atoms with E-state index in [4.69, 9.17) is 5.11 Å². The SMILES string of the molecule is CCCCCCc1nnc(SCC(=O)O)n1C. The van der Waals surface area contributed by atoms with Crippen molar-refractivity contribution in [3.05, 3.63) is 5.82 Å². The number of carboxylic acid groups (broad SMARTS) is 1. The van der Waals surface area contributed by atoms with Crippen molar-refractivity contribution in [2.75, 3.05) is 5.75 Å². The summed E-state index contributed by atoms with van der Waals surface area (Å²) in [4.78, 5) is 10.5. The molecule has 0 aromatic carbocycles. The molecule has 0 aliphatic heterocycles. The standard InChI is InChI=1S/C11H19N3O2S/c1-3-4-5-6-7-9-12-13-11(14(9)2)17-8-10(15)16/h3-8H2,1-2H3,(H,15,16). The summed E-state index contributed by atoms with van der Waals surface area (Å²) in [5.41, 5.74) is 0. The topological polar surface area (TPSA) is 68.0 Å². The number of unbranched alkanes of at least 4 members (excludes halogenated alkanes) is 3. The number of rotatable bonds is 8. The van der Waals surface area contributed by atoms with Crippen LogP contribution in [0.5, 0.6) is 0 Å². The quantitative estimate of drug-likeness (QED) is 0.570. The minimum Gasteiger partial charge on any atom is -0.481 e.